The van der Waals surface area contributed by atoms with E-state index >= 15 is 0 Å². The molecule has 0 aliphatic rings. The number of hydrogen-bond donors (Lipinski definition) is 22. The topological polar surface area (TPSA) is 760 Å². The van der Waals surface area contributed by atoms with Gasteiger partial charge in [0.25, 0.3) is 0 Å². The van der Waals surface area contributed by atoms with E-state index in [4.69, 9.17) is 97.5 Å². The van der Waals surface area contributed by atoms with Gasteiger partial charge in [-0.1, -0.05) is 6.92 Å². The molecule has 0 fully saturated rings. The minimum absolute atomic E-state index is 0.00440. The van der Waals surface area contributed by atoms with Gasteiger partial charge in [0.1, 0.15) is 5.78 Å². The quantitative estimate of drug-likeness (QED) is 0.0116. The van der Waals surface area contributed by atoms with Crippen molar-refractivity contribution in [1.29, 1.82) is 0 Å². The molecule has 0 unspecified atom stereocenters. The first kappa shape index (κ1) is 89.2. The van der Waals surface area contributed by atoms with E-state index in [0.29, 0.717) is 6.42 Å². The van der Waals surface area contributed by atoms with Crippen molar-refractivity contribution >= 4 is 119 Å². The third-order valence-corrected chi connectivity index (χ3v) is 15.8. The molecule has 0 radical (unpaired) electrons. The summed E-state index contributed by atoms with van der Waals surface area (Å²) in [5.41, 5.74) is 94.9. The Morgan fingerprint density at radius 1 is 0.283 bits per heavy atom. The van der Waals surface area contributed by atoms with Gasteiger partial charge in [0.05, 0.1) is 30.1 Å². The Bertz CT molecular complexity index is 2820. The maximum Gasteiger partial charge on any atom is 0.224 e. The van der Waals surface area contributed by atoms with Crippen molar-refractivity contribution in [3.63, 3.8) is 0 Å². The van der Waals surface area contributed by atoms with Crippen LogP contribution in [0, 0.1) is 29.6 Å². The first-order chi connectivity index (χ1) is 46.7. The molecule has 0 spiro atoms. The predicted octanol–water partition coefficient (Wildman–Crippen LogP) is -6.94. The van der Waals surface area contributed by atoms with Crippen molar-refractivity contribution in [2.75, 3.05) is 58.1 Å². The van der Waals surface area contributed by atoms with Crippen LogP contribution >= 0.6 is 12.6 Å². The van der Waals surface area contributed by atoms with Gasteiger partial charge in [0.2, 0.25) is 29.5 Å². The second-order valence-electron chi connectivity index (χ2n) is 23.7. The summed E-state index contributed by atoms with van der Waals surface area (Å²) in [4.78, 5) is 173. The van der Waals surface area contributed by atoms with Gasteiger partial charge in [-0.25, -0.2) is 0 Å². The highest BCUT2D eigenvalue weighted by atomic mass is 32.1. The molecule has 0 aromatic carbocycles. The number of amides is 5. The molecule has 0 saturated carbocycles. The van der Waals surface area contributed by atoms with Crippen LogP contribution in [-0.2, 0) is 47.9 Å². The van der Waals surface area contributed by atoms with Crippen LogP contribution in [0.5, 0.6) is 0 Å². The number of aliphatic imine (C=N–C) groups is 8. The zero-order valence-corrected chi connectivity index (χ0v) is 57.9. The minimum atomic E-state index is -1.38. The number of nitrogens with zero attached hydrogens (tertiary/aromatic N) is 8. The van der Waals surface area contributed by atoms with Gasteiger partial charge in [0.15, 0.2) is 70.8 Å². The van der Waals surface area contributed by atoms with Crippen LogP contribution in [0.15, 0.2) is 39.9 Å². The van der Waals surface area contributed by atoms with Crippen molar-refractivity contribution in [1.82, 2.24) is 21.3 Å². The number of carbonyl (C=O) groups is 10. The molecule has 0 rings (SSSR count). The number of guanidine groups is 8. The van der Waals surface area contributed by atoms with Gasteiger partial charge in [-0.2, -0.15) is 12.6 Å². The standard InChI is InChI=1S/C59H113N29O10S/c1-2-38(89)27-33(11-3-19-77-52(61)62)48(95)85-39(15-7-23-81-56(69)70)43(90)28-34(12-4-20-78-53(63)64)49(96)86-40(16-8-24-82-57(71)72)44(91)29-35(13-5-21-79-54(65)66)50(97)87-41(17-9-25-83-58(73)74)45(92)30-36(14-6-22-80-55(67)68)51(98)88-42(18-10-26-84-59(75)76)46(93)31-37(32-99)47(60)94/h33-37,39-42,99H,2-32H2,1H3,(H2,60,94)(H,85,95)(H,86,96)(H,87,97)(H,88,98)(H4,61,62,77)(H4,63,64,78)(H4,65,66,79)(H4,67,68,80)(H4,69,70,81)(H4,71,72,82)(H4,73,74,83)(H4,75,76,84)/t33-,34-,35-,36-,37+,39+,40+,41+,42+/m0/s1. The van der Waals surface area contributed by atoms with E-state index in [-0.39, 0.29) is 227 Å². The highest BCUT2D eigenvalue weighted by Crippen LogP contribution is 2.23. The maximum atomic E-state index is 15.0. The van der Waals surface area contributed by atoms with Crippen LogP contribution in [0.4, 0.5) is 0 Å². The van der Waals surface area contributed by atoms with E-state index in [1.807, 2.05) is 0 Å². The molecule has 39 nitrogen and oxygen atoms in total. The molecular weight excluding hydrogens is 1310 g/mol. The summed E-state index contributed by atoms with van der Waals surface area (Å²) < 4.78 is 0. The SMILES string of the molecule is CCC(=O)C[C@H](CCCN=C(N)N)C(=O)N[C@H](CCCN=C(N)N)C(=O)C[C@H](CCCN=C(N)N)C(=O)N[C@H](CCCN=C(N)N)C(=O)C[C@H](CCCN=C(N)N)C(=O)N[C@H](CCCN=C(N)N)C(=O)C[C@H](CCCN=C(N)N)C(=O)N[C@H](CCCN=C(N)N)C(=O)C[C@H](CS)C(N)=O. The highest BCUT2D eigenvalue weighted by Gasteiger charge is 2.36. The number of nitrogens with one attached hydrogen (secondary N) is 4. The van der Waals surface area contributed by atoms with E-state index in [1.54, 1.807) is 6.92 Å². The molecule has 38 N–H and O–H groups in total. The molecule has 5 amide bonds. The van der Waals surface area contributed by atoms with Crippen LogP contribution in [0.1, 0.15) is 148 Å². The van der Waals surface area contributed by atoms with Crippen molar-refractivity contribution in [2.24, 2.45) is 167 Å². The van der Waals surface area contributed by atoms with Crippen LogP contribution in [0.25, 0.3) is 0 Å². The van der Waals surface area contributed by atoms with Crippen LogP contribution in [0.3, 0.4) is 0 Å². The summed E-state index contributed by atoms with van der Waals surface area (Å²) in [5, 5.41) is 11.1. The Morgan fingerprint density at radius 2 is 0.465 bits per heavy atom. The lowest BCUT2D eigenvalue weighted by molar-refractivity contribution is -0.136. The minimum Gasteiger partial charge on any atom is -0.370 e. The van der Waals surface area contributed by atoms with E-state index < -0.39 is 126 Å². The monoisotopic (exact) mass is 1420 g/mol. The molecule has 0 bridgehead atoms. The van der Waals surface area contributed by atoms with E-state index in [0.717, 1.165) is 0 Å². The predicted molar refractivity (Wildman–Crippen MR) is 386 cm³/mol. The molecule has 0 aliphatic heterocycles. The molecule has 0 aliphatic carbocycles. The summed E-state index contributed by atoms with van der Waals surface area (Å²) >= 11 is 4.17. The summed E-state index contributed by atoms with van der Waals surface area (Å²) in [7, 11) is 0. The largest absolute Gasteiger partial charge is 0.370 e. The molecule has 9 atom stereocenters. The van der Waals surface area contributed by atoms with Gasteiger partial charge >= 0.3 is 0 Å². The first-order valence-corrected chi connectivity index (χ1v) is 33.5. The van der Waals surface area contributed by atoms with Crippen molar-refractivity contribution in [3.8, 4) is 0 Å². The molecule has 0 aromatic rings. The lowest BCUT2D eigenvalue weighted by Gasteiger charge is -2.27. The van der Waals surface area contributed by atoms with Crippen LogP contribution in [0.2, 0.25) is 0 Å². The Kier molecular flexibility index (Phi) is 46.3. The summed E-state index contributed by atoms with van der Waals surface area (Å²) in [5.74, 6) is -13.9. The Hall–Kier alpha value is -9.79. The number of Topliss-reactive ketones (excluding diaryl/α,β-unsaturated/α-hetero) is 5. The average Bonchev–Trinajstić information content (AvgIpc) is 0.879. The normalized spacial score (nSPS) is 13.5. The van der Waals surface area contributed by atoms with Gasteiger partial charge in [-0.05, 0) is 103 Å². The maximum absolute atomic E-state index is 15.0. The zero-order valence-electron chi connectivity index (χ0n) is 57.0. The number of nitrogens with two attached hydrogens (primary N) is 17. The first-order valence-electron chi connectivity index (χ1n) is 32.9. The lowest BCUT2D eigenvalue weighted by atomic mass is 9.88. The molecule has 0 heterocycles. The average molecular weight is 1420 g/mol. The number of ketones is 5. The van der Waals surface area contributed by atoms with Gasteiger partial charge < -0.3 is 119 Å². The van der Waals surface area contributed by atoms with Gasteiger partial charge in [0, 0.05) is 120 Å². The number of carbonyl (C=O) groups excluding carboxylic acids is 10. The highest BCUT2D eigenvalue weighted by molar-refractivity contribution is 7.80. The number of thiol groups is 1. The van der Waals surface area contributed by atoms with Gasteiger partial charge in [-0.3, -0.25) is 87.9 Å². The Morgan fingerprint density at radius 3 is 0.636 bits per heavy atom. The lowest BCUT2D eigenvalue weighted by Crippen LogP contribution is -2.49. The van der Waals surface area contributed by atoms with Crippen molar-refractivity contribution in [3.05, 3.63) is 0 Å². The Balaban J connectivity index is 7.83. The molecule has 99 heavy (non-hydrogen) atoms. The third kappa shape index (κ3) is 43.9. The fourth-order valence-corrected chi connectivity index (χ4v) is 10.4. The molecular formula is C59H113N29O10S. The second kappa shape index (κ2) is 51.4. The molecule has 0 saturated heterocycles. The van der Waals surface area contributed by atoms with E-state index in [2.05, 4.69) is 73.8 Å². The van der Waals surface area contributed by atoms with Gasteiger partial charge in [-0.15, -0.1) is 0 Å². The summed E-state index contributed by atoms with van der Waals surface area (Å²) in [6.07, 6.45) is -0.805. The van der Waals surface area contributed by atoms with Crippen LogP contribution in [-0.4, -0.2) is 188 Å². The molecule has 40 heteroatoms. The van der Waals surface area contributed by atoms with E-state index in [9.17, 15) is 47.9 Å². The second-order valence-corrected chi connectivity index (χ2v) is 24.0. The van der Waals surface area contributed by atoms with Crippen molar-refractivity contribution in [2.45, 2.75) is 172 Å². The zero-order chi connectivity index (χ0) is 75.0. The molecule has 0 aromatic heterocycles. The van der Waals surface area contributed by atoms with E-state index in [1.165, 1.54) is 0 Å². The number of rotatable bonds is 57. The van der Waals surface area contributed by atoms with Crippen LogP contribution < -0.4 is 119 Å². The third-order valence-electron chi connectivity index (χ3n) is 15.4. The smallest absolute Gasteiger partial charge is 0.224 e. The fraction of sp³-hybridized carbons (Fsp3) is 0.695. The number of primary amides is 1. The fourth-order valence-electron chi connectivity index (χ4n) is 10.1. The Labute approximate surface area is 583 Å². The number of hydrogen-bond acceptors (Lipinski definition) is 19. The molecule has 560 valence electrons. The van der Waals surface area contributed by atoms with Crippen molar-refractivity contribution < 1.29 is 47.9 Å². The summed E-state index contributed by atoms with van der Waals surface area (Å²) in [6, 6.07) is -5.19. The summed E-state index contributed by atoms with van der Waals surface area (Å²) in [6.45, 7) is 1.98.